The second-order valence-corrected chi connectivity index (χ2v) is 9.52. The number of aryl methyl sites for hydroxylation is 2. The zero-order chi connectivity index (χ0) is 24.9. The molecule has 0 spiro atoms. The number of hydrogen-bond acceptors (Lipinski definition) is 6. The van der Waals surface area contributed by atoms with Crippen LogP contribution in [0.25, 0.3) is 0 Å². The lowest BCUT2D eigenvalue weighted by Crippen LogP contribution is -2.06. The van der Waals surface area contributed by atoms with Crippen molar-refractivity contribution in [2.45, 2.75) is 26.0 Å². The topological polar surface area (TPSA) is 90.7 Å². The molecule has 1 aromatic heterocycles. The maximum Gasteiger partial charge on any atom is 0.264 e. The molecule has 0 saturated heterocycles. The molecule has 8 heteroatoms. The Hall–Kier alpha value is -3.62. The molecule has 3 aromatic carbocycles. The van der Waals surface area contributed by atoms with Crippen LogP contribution in [-0.4, -0.2) is 36.2 Å². The predicted octanol–water partition coefficient (Wildman–Crippen LogP) is 4.62. The molecule has 0 unspecified atom stereocenters. The Morgan fingerprint density at radius 3 is 2.11 bits per heavy atom. The quantitative estimate of drug-likeness (QED) is 0.324. The molecule has 0 aliphatic rings. The molecule has 4 aromatic rings. The van der Waals surface area contributed by atoms with Crippen molar-refractivity contribution in [2.75, 3.05) is 12.9 Å². The molecular formula is C27H30N2O5S. The SMILES string of the molecule is CS(=O)(=O)OCCc1ccc(OCc2ccccc2)cc1.Oc1ccc(CCn2cccn2)cc1. The van der Waals surface area contributed by atoms with Crippen LogP contribution in [0.2, 0.25) is 0 Å². The first-order valence-electron chi connectivity index (χ1n) is 11.2. The van der Waals surface area contributed by atoms with Gasteiger partial charge in [0.25, 0.3) is 10.1 Å². The zero-order valence-corrected chi connectivity index (χ0v) is 20.5. The van der Waals surface area contributed by atoms with Crippen LogP contribution in [0.4, 0.5) is 0 Å². The Balaban J connectivity index is 0.000000211. The van der Waals surface area contributed by atoms with Gasteiger partial charge in [-0.05, 0) is 59.9 Å². The van der Waals surface area contributed by atoms with Crippen LogP contribution in [0.15, 0.2) is 97.3 Å². The van der Waals surface area contributed by atoms with Gasteiger partial charge < -0.3 is 9.84 Å². The molecule has 0 bridgehead atoms. The minimum absolute atomic E-state index is 0.156. The molecular weight excluding hydrogens is 464 g/mol. The third-order valence-corrected chi connectivity index (χ3v) is 5.58. The van der Waals surface area contributed by atoms with Crippen LogP contribution in [0.5, 0.6) is 11.5 Å². The Morgan fingerprint density at radius 2 is 1.49 bits per heavy atom. The fourth-order valence-electron chi connectivity index (χ4n) is 3.14. The van der Waals surface area contributed by atoms with Gasteiger partial charge in [0.05, 0.1) is 12.9 Å². The van der Waals surface area contributed by atoms with Crippen LogP contribution < -0.4 is 4.74 Å². The normalized spacial score (nSPS) is 10.9. The standard InChI is InChI=1S/C16H18O4S.C11H12N2O/c1-21(17,18)20-12-11-14-7-9-16(10-8-14)19-13-15-5-3-2-4-6-15;14-11-4-2-10(3-5-11)6-9-13-8-1-7-12-13/h2-10H,11-13H2,1H3;1-5,7-8,14H,6,9H2. The molecule has 0 atom stereocenters. The number of hydrogen-bond donors (Lipinski definition) is 1. The molecule has 0 amide bonds. The smallest absolute Gasteiger partial charge is 0.264 e. The Labute approximate surface area is 206 Å². The predicted molar refractivity (Wildman–Crippen MR) is 136 cm³/mol. The van der Waals surface area contributed by atoms with Gasteiger partial charge in [-0.15, -0.1) is 0 Å². The Bertz CT molecular complexity index is 1230. The van der Waals surface area contributed by atoms with Crippen LogP contribution in [0.3, 0.4) is 0 Å². The minimum Gasteiger partial charge on any atom is -0.508 e. The molecule has 1 N–H and O–H groups in total. The van der Waals surface area contributed by atoms with Crippen LogP contribution in [0, 0.1) is 0 Å². The summed E-state index contributed by atoms with van der Waals surface area (Å²) in [5, 5.41) is 13.2. The van der Waals surface area contributed by atoms with Gasteiger partial charge in [-0.1, -0.05) is 54.6 Å². The van der Waals surface area contributed by atoms with E-state index in [1.165, 1.54) is 5.56 Å². The molecule has 0 fully saturated rings. The summed E-state index contributed by atoms with van der Waals surface area (Å²) in [6, 6.07) is 26.7. The first kappa shape index (κ1) is 26.0. The van der Waals surface area contributed by atoms with Crippen molar-refractivity contribution in [2.24, 2.45) is 0 Å². The summed E-state index contributed by atoms with van der Waals surface area (Å²) in [7, 11) is -3.37. The number of phenolic OH excluding ortho intramolecular Hbond substituents is 1. The van der Waals surface area contributed by atoms with E-state index in [1.807, 2.05) is 83.7 Å². The molecule has 0 radical (unpaired) electrons. The number of ether oxygens (including phenoxy) is 1. The highest BCUT2D eigenvalue weighted by Crippen LogP contribution is 2.15. The number of nitrogens with zero attached hydrogens (tertiary/aromatic N) is 2. The maximum atomic E-state index is 10.9. The van der Waals surface area contributed by atoms with Gasteiger partial charge in [0.15, 0.2) is 0 Å². The number of aromatic hydroxyl groups is 1. The monoisotopic (exact) mass is 494 g/mol. The Kier molecular flexibility index (Phi) is 9.89. The summed E-state index contributed by atoms with van der Waals surface area (Å²) < 4.78 is 34.0. The molecule has 35 heavy (non-hydrogen) atoms. The first-order valence-corrected chi connectivity index (χ1v) is 13.0. The molecule has 184 valence electrons. The first-order chi connectivity index (χ1) is 16.9. The maximum absolute atomic E-state index is 10.9. The summed E-state index contributed by atoms with van der Waals surface area (Å²) in [6.07, 6.45) is 6.25. The molecule has 0 aliphatic carbocycles. The summed E-state index contributed by atoms with van der Waals surface area (Å²) in [6.45, 7) is 1.55. The number of aromatic nitrogens is 2. The van der Waals surface area contributed by atoms with Gasteiger partial charge in [0, 0.05) is 18.9 Å². The molecule has 7 nitrogen and oxygen atoms in total. The van der Waals surface area contributed by atoms with E-state index in [0.29, 0.717) is 18.8 Å². The van der Waals surface area contributed by atoms with E-state index >= 15 is 0 Å². The number of phenols is 1. The van der Waals surface area contributed by atoms with E-state index < -0.39 is 10.1 Å². The highest BCUT2D eigenvalue weighted by molar-refractivity contribution is 7.85. The largest absolute Gasteiger partial charge is 0.508 e. The van der Waals surface area contributed by atoms with Gasteiger partial charge in [-0.3, -0.25) is 8.86 Å². The summed E-state index contributed by atoms with van der Waals surface area (Å²) in [5.41, 5.74) is 3.33. The average Bonchev–Trinajstić information content (AvgIpc) is 3.37. The van der Waals surface area contributed by atoms with Crippen molar-refractivity contribution < 1.29 is 22.4 Å². The second kappa shape index (κ2) is 13.3. The number of rotatable bonds is 10. The van der Waals surface area contributed by atoms with Crippen molar-refractivity contribution in [3.63, 3.8) is 0 Å². The highest BCUT2D eigenvalue weighted by Gasteiger charge is 2.02. The van der Waals surface area contributed by atoms with E-state index in [-0.39, 0.29) is 6.61 Å². The highest BCUT2D eigenvalue weighted by atomic mass is 32.2. The van der Waals surface area contributed by atoms with E-state index in [1.54, 1.807) is 18.3 Å². The number of benzene rings is 3. The molecule has 0 saturated carbocycles. The van der Waals surface area contributed by atoms with Gasteiger partial charge in [0.1, 0.15) is 18.1 Å². The van der Waals surface area contributed by atoms with Crippen molar-refractivity contribution in [1.82, 2.24) is 9.78 Å². The zero-order valence-electron chi connectivity index (χ0n) is 19.7. The summed E-state index contributed by atoms with van der Waals surface area (Å²) >= 11 is 0. The molecule has 1 heterocycles. The average molecular weight is 495 g/mol. The van der Waals surface area contributed by atoms with Crippen molar-refractivity contribution in [3.05, 3.63) is 114 Å². The van der Waals surface area contributed by atoms with Gasteiger partial charge in [-0.2, -0.15) is 13.5 Å². The lowest BCUT2D eigenvalue weighted by atomic mass is 10.1. The second-order valence-electron chi connectivity index (χ2n) is 7.88. The van der Waals surface area contributed by atoms with Crippen molar-refractivity contribution in [1.29, 1.82) is 0 Å². The van der Waals surface area contributed by atoms with E-state index in [0.717, 1.165) is 36.1 Å². The third-order valence-electron chi connectivity index (χ3n) is 4.98. The van der Waals surface area contributed by atoms with Crippen molar-refractivity contribution in [3.8, 4) is 11.5 Å². The van der Waals surface area contributed by atoms with Crippen LogP contribution in [0.1, 0.15) is 16.7 Å². The fraction of sp³-hybridized carbons (Fsp3) is 0.222. The van der Waals surface area contributed by atoms with Crippen LogP contribution >= 0.6 is 0 Å². The van der Waals surface area contributed by atoms with Gasteiger partial charge >= 0.3 is 0 Å². The van der Waals surface area contributed by atoms with E-state index in [9.17, 15) is 8.42 Å². The molecule has 0 aliphatic heterocycles. The van der Waals surface area contributed by atoms with Crippen LogP contribution in [-0.2, 0) is 40.3 Å². The summed E-state index contributed by atoms with van der Waals surface area (Å²) in [5.74, 6) is 1.10. The third kappa shape index (κ3) is 10.5. The minimum atomic E-state index is -3.37. The molecule has 4 rings (SSSR count). The van der Waals surface area contributed by atoms with Crippen molar-refractivity contribution >= 4 is 10.1 Å². The van der Waals surface area contributed by atoms with Gasteiger partial charge in [-0.25, -0.2) is 0 Å². The Morgan fingerprint density at radius 1 is 0.829 bits per heavy atom. The van der Waals surface area contributed by atoms with E-state index in [2.05, 4.69) is 5.10 Å². The summed E-state index contributed by atoms with van der Waals surface area (Å²) in [4.78, 5) is 0. The lowest BCUT2D eigenvalue weighted by molar-refractivity contribution is 0.305. The fourth-order valence-corrected chi connectivity index (χ4v) is 3.53. The lowest BCUT2D eigenvalue weighted by Gasteiger charge is -2.07. The van der Waals surface area contributed by atoms with E-state index in [4.69, 9.17) is 14.0 Å². The van der Waals surface area contributed by atoms with Gasteiger partial charge in [0.2, 0.25) is 0 Å².